The van der Waals surface area contributed by atoms with Gasteiger partial charge < -0.3 is 4.74 Å². The van der Waals surface area contributed by atoms with Gasteiger partial charge >= 0.3 is 24.8 Å². The number of halogens is 3. The molecule has 105 heavy (non-hydrogen) atoms. The number of benzene rings is 8. The second kappa shape index (κ2) is 41.4. The van der Waals surface area contributed by atoms with E-state index in [4.69, 9.17) is 4.74 Å². The van der Waals surface area contributed by atoms with E-state index in [0.29, 0.717) is 12.9 Å². The zero-order valence-electron chi connectivity index (χ0n) is 63.5. The molecule has 3 nitrogen and oxygen atoms in total. The zero-order chi connectivity index (χ0) is 73.3. The number of hydrogen-bond acceptors (Lipinski definition) is 4. The average molecular weight is 1610 g/mol. The Bertz CT molecular complexity index is 4630. The predicted molar refractivity (Wildman–Crippen MR) is 475 cm³/mol. The van der Waals surface area contributed by atoms with Crippen LogP contribution in [0, 0.1) is 0 Å². The topological polar surface area (TPSA) is 38.7 Å². The van der Waals surface area contributed by atoms with Gasteiger partial charge in [-0.15, -0.1) is 0 Å². The molecule has 0 spiro atoms. The molecule has 0 amide bonds. The Morgan fingerprint density at radius 1 is 0.352 bits per heavy atom. The summed E-state index contributed by atoms with van der Waals surface area (Å²) < 4.78 is 10.4. The summed E-state index contributed by atoms with van der Waals surface area (Å²) in [7, 11) is 4.34. The molecule has 0 fully saturated rings. The van der Waals surface area contributed by atoms with Crippen LogP contribution in [-0.2, 0) is 60.9 Å². The van der Waals surface area contributed by atoms with E-state index in [1.807, 2.05) is 6.08 Å². The molecule has 0 saturated heterocycles. The quantitative estimate of drug-likeness (QED) is 0.0167. The van der Waals surface area contributed by atoms with Gasteiger partial charge in [-0.3, -0.25) is 4.79 Å². The molecule has 0 heterocycles. The molecule has 0 bridgehead atoms. The van der Waals surface area contributed by atoms with Crippen LogP contribution in [0.1, 0.15) is 290 Å². The van der Waals surface area contributed by atoms with E-state index in [-0.39, 0.29) is 0 Å². The number of carbonyl (C=O) groups is 1. The number of nitrogens with zero attached hydrogens (tertiary/aromatic N) is 1. The molecule has 8 aliphatic rings. The third-order valence-electron chi connectivity index (χ3n) is 22.5. The number of carbonyl (C=O) groups excluding carboxylic acids is 1. The second-order valence-electron chi connectivity index (χ2n) is 30.3. The van der Waals surface area contributed by atoms with Crippen molar-refractivity contribution in [1.29, 1.82) is 0 Å². The Hall–Kier alpha value is -6.16. The van der Waals surface area contributed by atoms with Crippen LogP contribution in [0.5, 0.6) is 0 Å². The fraction of sp³-hybridized carbons (Fsp3) is 0.412. The summed E-state index contributed by atoms with van der Waals surface area (Å²) in [5.41, 5.74) is 27.4. The van der Waals surface area contributed by atoms with Crippen molar-refractivity contribution in [2.24, 2.45) is 4.30 Å². The molecule has 547 valence electrons. The standard InChI is InChI=1S/C25H28O2.C24H27Br.C24H28.C16H11Br.C8H17Br.BHNS/c1-2-3-4-5-6-7-8-18-13-19-9-11-21-15-23(27-17-26)16-22-12-10-20(14-18)24(19)25(21)22;1-2-3-4-5-6-7-8-17-13-18-9-11-20-15-22(25)16-21-12-10-19(14-17)23(18)24(20)21;1-2-3-4-5-6-7-9-18-16-21-14-12-19-10-8-11-20-13-15-22(17-18)24(21)23(19)20;17-14-8-12-6-4-10-2-1-3-11-5-7-13(9-14)16(12)15(10)11;1-2-3-4-5-6-7-8-9;1-2-3/h9-13,16-17H,2-8,14-15H2,1H3;9-13,16H,2-8,14-15H2,1H3;8,10,12-15,17H,2-7,9,11,16H2,1H3;1-2,4-7,9H,3,8H2;2-8H2,1H3;3H. The summed E-state index contributed by atoms with van der Waals surface area (Å²) in [5, 5.41) is 12.9. The summed E-state index contributed by atoms with van der Waals surface area (Å²) in [6.45, 7) is 9.63. The van der Waals surface area contributed by atoms with Crippen molar-refractivity contribution >= 4 is 166 Å². The van der Waals surface area contributed by atoms with E-state index >= 15 is 0 Å². The summed E-state index contributed by atoms with van der Waals surface area (Å²) in [5.74, 6) is 0.732. The summed E-state index contributed by atoms with van der Waals surface area (Å²) in [6, 6.07) is 36.7. The van der Waals surface area contributed by atoms with E-state index in [2.05, 4.69) is 252 Å². The van der Waals surface area contributed by atoms with E-state index in [9.17, 15) is 4.79 Å². The number of ether oxygens (including phenoxy) is 1. The average Bonchev–Trinajstić information content (AvgIpc) is 0.761. The predicted octanol–water partition coefficient (Wildman–Crippen LogP) is 30.1. The molecule has 1 radical (unpaired) electrons. The molecule has 0 unspecified atom stereocenters. The first kappa shape index (κ1) is 79.9. The number of hydrogen-bond donors (Lipinski definition) is 1. The van der Waals surface area contributed by atoms with Crippen molar-refractivity contribution < 1.29 is 9.53 Å². The maximum absolute atomic E-state index is 10.7. The molecule has 0 aromatic heterocycles. The zero-order valence-corrected chi connectivity index (χ0v) is 69.1. The first-order valence-corrected chi connectivity index (χ1v) is 43.5. The second-order valence-corrected chi connectivity index (χ2v) is 33.4. The van der Waals surface area contributed by atoms with Crippen LogP contribution in [0.15, 0.2) is 145 Å². The fourth-order valence-corrected chi connectivity index (χ4v) is 18.8. The van der Waals surface area contributed by atoms with Gasteiger partial charge in [0.25, 0.3) is 6.47 Å². The number of thiol groups is 1. The van der Waals surface area contributed by atoms with Crippen molar-refractivity contribution in [3.05, 3.63) is 230 Å². The molecular formula is C97H112BBr3NO2S. The number of unbranched alkanes of at least 4 members (excludes halogenated alkanes) is 20. The van der Waals surface area contributed by atoms with Gasteiger partial charge in [-0.1, -0.05) is 360 Å². The Kier molecular flexibility index (Phi) is 31.5. The number of allylic oxidation sites excluding steroid dienone is 8. The third kappa shape index (κ3) is 21.0. The third-order valence-corrected chi connectivity index (χ3v) is 24.0. The van der Waals surface area contributed by atoms with Gasteiger partial charge in [0, 0.05) is 33.6 Å². The fourth-order valence-electron chi connectivity index (χ4n) is 17.3. The molecule has 0 saturated carbocycles. The van der Waals surface area contributed by atoms with Crippen molar-refractivity contribution in [1.82, 2.24) is 0 Å². The molecule has 0 aliphatic heterocycles. The Morgan fingerprint density at radius 2 is 0.619 bits per heavy atom. The molecule has 0 N–H and O–H groups in total. The number of rotatable bonds is 29. The molecule has 0 atom stereocenters. The van der Waals surface area contributed by atoms with Gasteiger partial charge in [0.1, 0.15) is 5.76 Å². The van der Waals surface area contributed by atoms with E-state index in [1.165, 1.54) is 314 Å². The van der Waals surface area contributed by atoms with Crippen molar-refractivity contribution in [2.75, 3.05) is 5.33 Å². The van der Waals surface area contributed by atoms with Crippen LogP contribution in [0.4, 0.5) is 0 Å². The van der Waals surface area contributed by atoms with Crippen molar-refractivity contribution in [3.63, 3.8) is 0 Å². The minimum atomic E-state index is 0.525. The molecule has 16 rings (SSSR count). The van der Waals surface area contributed by atoms with Gasteiger partial charge in [-0.05, 0) is 227 Å². The minimum absolute atomic E-state index is 0.525. The summed E-state index contributed by atoms with van der Waals surface area (Å²) in [4.78, 5) is 10.7. The Labute approximate surface area is 662 Å². The van der Waals surface area contributed by atoms with Gasteiger partial charge in [0.15, 0.2) is 0 Å². The normalized spacial score (nSPS) is 14.4. The van der Waals surface area contributed by atoms with Crippen LogP contribution in [0.3, 0.4) is 0 Å². The monoisotopic (exact) mass is 1600 g/mol. The molecule has 8 heteroatoms. The van der Waals surface area contributed by atoms with Gasteiger partial charge in [0.05, 0.1) is 0 Å². The van der Waals surface area contributed by atoms with Crippen molar-refractivity contribution in [3.8, 4) is 0 Å². The van der Waals surface area contributed by atoms with E-state index in [1.54, 1.807) is 22.3 Å². The Balaban J connectivity index is 0.000000134. The SMILES string of the molecule is BrC1=Cc2ccc3c4c(ccc(c24)C1)C=CC3.CCCCCCCCBr.CCCCCCCCC1=Cc2ccc3c4c(ccc(c24)C1)C=C(Br)C3.CCCCCCCCC1=Cc2ccc3c4c(ccc(c24)C1)C=C(OC=O)C3.CCCCCCCCC1=Cc2ccc3c4c(ccc(c24)C1)C=CC3.[B]=NS. The number of alkyl halides is 1. The first-order valence-electron chi connectivity index (χ1n) is 40.4. The van der Waals surface area contributed by atoms with E-state index in [0.717, 1.165) is 50.7 Å². The Morgan fingerprint density at radius 3 is 0.952 bits per heavy atom. The van der Waals surface area contributed by atoms with Crippen LogP contribution in [-0.4, -0.2) is 19.4 Å². The van der Waals surface area contributed by atoms with Gasteiger partial charge in [-0.25, -0.2) is 0 Å². The molecule has 8 aliphatic carbocycles. The van der Waals surface area contributed by atoms with Crippen LogP contribution in [0.2, 0.25) is 0 Å². The summed E-state index contributed by atoms with van der Waals surface area (Å²) >= 11 is 13.9. The first-order chi connectivity index (χ1) is 51.6. The van der Waals surface area contributed by atoms with Crippen LogP contribution < -0.4 is 0 Å². The van der Waals surface area contributed by atoms with Gasteiger partial charge in [-0.2, -0.15) is 0 Å². The molecule has 8 aromatic rings. The maximum atomic E-state index is 10.7. The van der Waals surface area contributed by atoms with Crippen LogP contribution >= 0.6 is 60.6 Å². The van der Waals surface area contributed by atoms with Crippen LogP contribution in [0.25, 0.3) is 91.7 Å². The molecule has 8 aromatic carbocycles. The van der Waals surface area contributed by atoms with Crippen molar-refractivity contribution in [2.45, 2.75) is 252 Å². The summed E-state index contributed by atoms with van der Waals surface area (Å²) in [6.07, 6.45) is 68.2. The van der Waals surface area contributed by atoms with Gasteiger partial charge in [0.2, 0.25) is 0 Å². The van der Waals surface area contributed by atoms with E-state index < -0.39 is 0 Å². The molecular weight excluding hydrogens is 1490 g/mol.